The van der Waals surface area contributed by atoms with Gasteiger partial charge in [0.1, 0.15) is 0 Å². The van der Waals surface area contributed by atoms with Crippen LogP contribution in [-0.2, 0) is 0 Å². The predicted octanol–water partition coefficient (Wildman–Crippen LogP) is 3.34. The lowest BCUT2D eigenvalue weighted by Gasteiger charge is -2.15. The number of nitrogens with one attached hydrogen (secondary N) is 1. The van der Waals surface area contributed by atoms with E-state index in [0.717, 1.165) is 22.3 Å². The van der Waals surface area contributed by atoms with Crippen molar-refractivity contribution in [3.63, 3.8) is 0 Å². The summed E-state index contributed by atoms with van der Waals surface area (Å²) in [6.45, 7) is 2.10. The number of hydrogen-bond acceptors (Lipinski definition) is 2. The van der Waals surface area contributed by atoms with Crippen LogP contribution in [0.3, 0.4) is 0 Å². The highest BCUT2D eigenvalue weighted by Crippen LogP contribution is 2.18. The van der Waals surface area contributed by atoms with E-state index in [9.17, 15) is 0 Å². The lowest BCUT2D eigenvalue weighted by atomic mass is 10.1. The number of H-pyrrole nitrogens is 1. The van der Waals surface area contributed by atoms with Crippen LogP contribution in [0.5, 0.6) is 0 Å². The van der Waals surface area contributed by atoms with Gasteiger partial charge in [-0.2, -0.15) is 0 Å². The summed E-state index contributed by atoms with van der Waals surface area (Å²) in [4.78, 5) is 9.67. The van der Waals surface area contributed by atoms with Crippen LogP contribution in [0.25, 0.3) is 11.0 Å². The SMILES string of the molecule is Cc1cc(C#Cc2cc3ncccc3[nH]2)ccc1N(C)C. The average molecular weight is 275 g/mol. The first-order chi connectivity index (χ1) is 10.1. The summed E-state index contributed by atoms with van der Waals surface area (Å²) in [5, 5.41) is 0. The molecule has 0 aliphatic carbocycles. The van der Waals surface area contributed by atoms with Crippen molar-refractivity contribution in [1.82, 2.24) is 9.97 Å². The van der Waals surface area contributed by atoms with Gasteiger partial charge in [0.25, 0.3) is 0 Å². The predicted molar refractivity (Wildman–Crippen MR) is 87.6 cm³/mol. The number of benzene rings is 1. The second kappa shape index (κ2) is 5.34. The minimum absolute atomic E-state index is 0.887. The summed E-state index contributed by atoms with van der Waals surface area (Å²) in [5.74, 6) is 6.37. The third kappa shape index (κ3) is 2.75. The zero-order valence-corrected chi connectivity index (χ0v) is 12.4. The molecule has 3 heteroatoms. The van der Waals surface area contributed by atoms with Gasteiger partial charge in [-0.1, -0.05) is 5.92 Å². The van der Waals surface area contributed by atoms with E-state index >= 15 is 0 Å². The van der Waals surface area contributed by atoms with Gasteiger partial charge in [0.2, 0.25) is 0 Å². The molecule has 0 bridgehead atoms. The van der Waals surface area contributed by atoms with Crippen molar-refractivity contribution in [1.29, 1.82) is 0 Å². The molecule has 2 aromatic heterocycles. The standard InChI is InChI=1S/C18H17N3/c1-13-11-14(7-9-18(13)21(2)3)6-8-15-12-17-16(20-15)5-4-10-19-17/h4-5,7,9-12,20H,1-3H3. The molecule has 21 heavy (non-hydrogen) atoms. The highest BCUT2D eigenvalue weighted by molar-refractivity contribution is 5.77. The number of aromatic amines is 1. The molecular formula is C18H17N3. The monoisotopic (exact) mass is 275 g/mol. The number of rotatable bonds is 1. The van der Waals surface area contributed by atoms with Crippen LogP contribution in [0, 0.1) is 18.8 Å². The molecule has 3 aromatic rings. The number of pyridine rings is 1. The Morgan fingerprint density at radius 1 is 1.10 bits per heavy atom. The Morgan fingerprint density at radius 2 is 1.95 bits per heavy atom. The van der Waals surface area contributed by atoms with Gasteiger partial charge in [0, 0.05) is 31.5 Å². The molecule has 0 fully saturated rings. The van der Waals surface area contributed by atoms with Crippen molar-refractivity contribution in [3.8, 4) is 11.8 Å². The normalized spacial score (nSPS) is 10.2. The van der Waals surface area contributed by atoms with Crippen LogP contribution < -0.4 is 4.90 Å². The number of fused-ring (bicyclic) bond motifs is 1. The van der Waals surface area contributed by atoms with Crippen molar-refractivity contribution in [2.24, 2.45) is 0 Å². The Morgan fingerprint density at radius 3 is 2.67 bits per heavy atom. The minimum atomic E-state index is 0.887. The van der Waals surface area contributed by atoms with Crippen molar-refractivity contribution in [3.05, 3.63) is 59.4 Å². The van der Waals surface area contributed by atoms with Gasteiger partial charge >= 0.3 is 0 Å². The lowest BCUT2D eigenvalue weighted by molar-refractivity contribution is 1.11. The Kier molecular flexibility index (Phi) is 3.37. The van der Waals surface area contributed by atoms with Crippen molar-refractivity contribution < 1.29 is 0 Å². The maximum absolute atomic E-state index is 4.30. The summed E-state index contributed by atoms with van der Waals surface area (Å²) in [7, 11) is 4.09. The highest BCUT2D eigenvalue weighted by atomic mass is 15.1. The van der Waals surface area contributed by atoms with Gasteiger partial charge in [-0.15, -0.1) is 0 Å². The van der Waals surface area contributed by atoms with E-state index in [1.165, 1.54) is 11.3 Å². The fraction of sp³-hybridized carbons (Fsp3) is 0.167. The maximum Gasteiger partial charge on any atom is 0.0924 e. The molecular weight excluding hydrogens is 258 g/mol. The molecule has 0 amide bonds. The van der Waals surface area contributed by atoms with E-state index in [0.29, 0.717) is 0 Å². The number of hydrogen-bond donors (Lipinski definition) is 1. The molecule has 104 valence electrons. The zero-order valence-electron chi connectivity index (χ0n) is 12.4. The molecule has 0 saturated carbocycles. The van der Waals surface area contributed by atoms with Gasteiger partial charge in [-0.3, -0.25) is 4.98 Å². The Bertz CT molecular complexity index is 815. The lowest BCUT2D eigenvalue weighted by Crippen LogP contribution is -2.10. The summed E-state index contributed by atoms with van der Waals surface area (Å²) in [6, 6.07) is 12.2. The number of anilines is 1. The van der Waals surface area contributed by atoms with E-state index in [4.69, 9.17) is 0 Å². The zero-order chi connectivity index (χ0) is 14.8. The van der Waals surface area contributed by atoms with E-state index in [1.54, 1.807) is 6.20 Å². The Labute approximate surface area is 124 Å². The number of aromatic nitrogens is 2. The van der Waals surface area contributed by atoms with Crippen LogP contribution in [0.4, 0.5) is 5.69 Å². The summed E-state index contributed by atoms with van der Waals surface area (Å²) < 4.78 is 0. The van der Waals surface area contributed by atoms with Crippen LogP contribution in [-0.4, -0.2) is 24.1 Å². The molecule has 0 radical (unpaired) electrons. The van der Waals surface area contributed by atoms with Crippen LogP contribution in [0.2, 0.25) is 0 Å². The smallest absolute Gasteiger partial charge is 0.0924 e. The van der Waals surface area contributed by atoms with E-state index in [-0.39, 0.29) is 0 Å². The quantitative estimate of drug-likeness (QED) is 0.691. The second-order valence-corrected chi connectivity index (χ2v) is 5.26. The fourth-order valence-electron chi connectivity index (χ4n) is 2.40. The highest BCUT2D eigenvalue weighted by Gasteiger charge is 2.01. The molecule has 1 N–H and O–H groups in total. The van der Waals surface area contributed by atoms with E-state index in [1.807, 2.05) is 32.3 Å². The first-order valence-corrected chi connectivity index (χ1v) is 6.87. The van der Waals surface area contributed by atoms with Gasteiger partial charge in [0.15, 0.2) is 0 Å². The van der Waals surface area contributed by atoms with Crippen LogP contribution in [0.1, 0.15) is 16.8 Å². The molecule has 2 heterocycles. The van der Waals surface area contributed by atoms with Gasteiger partial charge in [0.05, 0.1) is 16.7 Å². The molecule has 0 saturated heterocycles. The molecule has 0 atom stereocenters. The first kappa shape index (κ1) is 13.3. The molecule has 3 rings (SSSR count). The van der Waals surface area contributed by atoms with Crippen molar-refractivity contribution >= 4 is 16.7 Å². The number of nitrogens with zero attached hydrogens (tertiary/aromatic N) is 2. The third-order valence-electron chi connectivity index (χ3n) is 3.41. The van der Waals surface area contributed by atoms with Crippen LogP contribution >= 0.6 is 0 Å². The van der Waals surface area contributed by atoms with Gasteiger partial charge < -0.3 is 9.88 Å². The summed E-state index contributed by atoms with van der Waals surface area (Å²) in [5.41, 5.74) is 6.31. The first-order valence-electron chi connectivity index (χ1n) is 6.87. The van der Waals surface area contributed by atoms with Gasteiger partial charge in [-0.05, 0) is 54.8 Å². The molecule has 0 aliphatic rings. The maximum atomic E-state index is 4.30. The van der Waals surface area contributed by atoms with E-state index in [2.05, 4.69) is 51.8 Å². The third-order valence-corrected chi connectivity index (χ3v) is 3.41. The summed E-state index contributed by atoms with van der Waals surface area (Å²) in [6.07, 6.45) is 1.79. The molecule has 3 nitrogen and oxygen atoms in total. The number of aryl methyl sites for hydroxylation is 1. The minimum Gasteiger partial charge on any atom is -0.377 e. The van der Waals surface area contributed by atoms with Crippen molar-refractivity contribution in [2.75, 3.05) is 19.0 Å². The fourth-order valence-corrected chi connectivity index (χ4v) is 2.40. The largest absolute Gasteiger partial charge is 0.377 e. The molecule has 0 unspecified atom stereocenters. The Hall–Kier alpha value is -2.73. The van der Waals surface area contributed by atoms with Gasteiger partial charge in [-0.25, -0.2) is 0 Å². The van der Waals surface area contributed by atoms with Crippen molar-refractivity contribution in [2.45, 2.75) is 6.92 Å². The molecule has 0 spiro atoms. The average Bonchev–Trinajstić information content (AvgIpc) is 2.87. The summed E-state index contributed by atoms with van der Waals surface area (Å²) >= 11 is 0. The van der Waals surface area contributed by atoms with E-state index < -0.39 is 0 Å². The second-order valence-electron chi connectivity index (χ2n) is 5.26. The molecule has 0 aliphatic heterocycles. The van der Waals surface area contributed by atoms with Crippen LogP contribution in [0.15, 0.2) is 42.6 Å². The topological polar surface area (TPSA) is 31.9 Å². The molecule has 1 aromatic carbocycles. The Balaban J connectivity index is 1.92.